The first-order valence-electron chi connectivity index (χ1n) is 6.20. The molecule has 0 unspecified atom stereocenters. The van der Waals surface area contributed by atoms with Crippen LogP contribution in [0.1, 0.15) is 36.5 Å². The molecule has 0 radical (unpaired) electrons. The highest BCUT2D eigenvalue weighted by molar-refractivity contribution is 5.98. The van der Waals surface area contributed by atoms with E-state index >= 15 is 0 Å². The Morgan fingerprint density at radius 1 is 1.42 bits per heavy atom. The molecule has 0 aliphatic rings. The molecule has 0 heterocycles. The predicted octanol–water partition coefficient (Wildman–Crippen LogP) is 2.56. The van der Waals surface area contributed by atoms with Crippen LogP contribution in [0.15, 0.2) is 18.2 Å². The molecule has 1 N–H and O–H groups in total. The molecule has 1 rings (SSSR count). The first kappa shape index (κ1) is 14.9. The number of benzene rings is 1. The number of nitro benzene ring substituents is 1. The molecule has 1 aromatic carbocycles. The molecule has 0 spiro atoms. The summed E-state index contributed by atoms with van der Waals surface area (Å²) in [6, 6.07) is 3.48. The van der Waals surface area contributed by atoms with Crippen molar-refractivity contribution in [2.45, 2.75) is 26.2 Å². The molecule has 6 heteroatoms. The quantitative estimate of drug-likeness (QED) is 0.487. The molecular weight excluding hydrogens is 248 g/mol. The summed E-state index contributed by atoms with van der Waals surface area (Å²) >= 11 is 0. The van der Waals surface area contributed by atoms with Crippen molar-refractivity contribution in [2.75, 3.05) is 13.6 Å². The molecule has 1 amide bonds. The number of amides is 1. The first-order chi connectivity index (χ1) is 8.97. The first-order valence-corrected chi connectivity index (χ1v) is 6.20. The Bertz CT molecular complexity index is 474. The van der Waals surface area contributed by atoms with Crippen LogP contribution in [0.5, 0.6) is 5.75 Å². The topological polar surface area (TPSA) is 83.7 Å². The van der Waals surface area contributed by atoms with Crippen LogP contribution in [0.3, 0.4) is 0 Å². The molecule has 0 aliphatic carbocycles. The number of nitro groups is 1. The van der Waals surface area contributed by atoms with Gasteiger partial charge in [0.15, 0.2) is 0 Å². The summed E-state index contributed by atoms with van der Waals surface area (Å²) in [5.41, 5.74) is -0.367. The highest BCUT2D eigenvalue weighted by atomic mass is 16.6. The van der Waals surface area contributed by atoms with Crippen LogP contribution in [-0.4, -0.2) is 34.4 Å². The van der Waals surface area contributed by atoms with Gasteiger partial charge >= 0.3 is 0 Å². The molecule has 104 valence electrons. The van der Waals surface area contributed by atoms with E-state index in [1.54, 1.807) is 7.05 Å². The van der Waals surface area contributed by atoms with Crippen LogP contribution >= 0.6 is 0 Å². The van der Waals surface area contributed by atoms with Gasteiger partial charge in [-0.3, -0.25) is 14.9 Å². The van der Waals surface area contributed by atoms with E-state index in [1.165, 1.54) is 11.0 Å². The highest BCUT2D eigenvalue weighted by Crippen LogP contribution is 2.24. The zero-order chi connectivity index (χ0) is 14.4. The van der Waals surface area contributed by atoms with E-state index in [9.17, 15) is 20.0 Å². The maximum Gasteiger partial charge on any atom is 0.282 e. The normalized spacial score (nSPS) is 10.2. The van der Waals surface area contributed by atoms with E-state index in [0.717, 1.165) is 31.4 Å². The summed E-state index contributed by atoms with van der Waals surface area (Å²) in [5.74, 6) is -0.602. The lowest BCUT2D eigenvalue weighted by molar-refractivity contribution is -0.385. The Morgan fingerprint density at radius 3 is 2.68 bits per heavy atom. The fourth-order valence-corrected chi connectivity index (χ4v) is 1.76. The standard InChI is InChI=1S/C13H18N2O4/c1-3-4-5-8-14(2)13(17)11-9-10(16)6-7-12(11)15(18)19/h6-7,9,16H,3-5,8H2,1-2H3. The smallest absolute Gasteiger partial charge is 0.282 e. The molecule has 0 aromatic heterocycles. The van der Waals surface area contributed by atoms with Crippen molar-refractivity contribution in [1.82, 2.24) is 4.90 Å². The summed E-state index contributed by atoms with van der Waals surface area (Å²) in [4.78, 5) is 23.8. The van der Waals surface area contributed by atoms with Crippen LogP contribution < -0.4 is 0 Å². The van der Waals surface area contributed by atoms with Crippen molar-refractivity contribution in [2.24, 2.45) is 0 Å². The Morgan fingerprint density at radius 2 is 2.11 bits per heavy atom. The van der Waals surface area contributed by atoms with Gasteiger partial charge in [-0.2, -0.15) is 0 Å². The number of phenols is 1. The Labute approximate surface area is 111 Å². The van der Waals surface area contributed by atoms with Crippen molar-refractivity contribution in [3.05, 3.63) is 33.9 Å². The molecule has 0 atom stereocenters. The fraction of sp³-hybridized carbons (Fsp3) is 0.462. The van der Waals surface area contributed by atoms with Gasteiger partial charge in [0.05, 0.1) is 4.92 Å². The molecule has 19 heavy (non-hydrogen) atoms. The van der Waals surface area contributed by atoms with E-state index in [0.29, 0.717) is 6.54 Å². The van der Waals surface area contributed by atoms with Crippen LogP contribution in [0.25, 0.3) is 0 Å². The average molecular weight is 266 g/mol. The van der Waals surface area contributed by atoms with Crippen molar-refractivity contribution < 1.29 is 14.8 Å². The minimum Gasteiger partial charge on any atom is -0.508 e. The molecule has 1 aromatic rings. The number of hydrogen-bond acceptors (Lipinski definition) is 4. The van der Waals surface area contributed by atoms with Crippen LogP contribution in [-0.2, 0) is 0 Å². The van der Waals surface area contributed by atoms with Crippen LogP contribution in [0.4, 0.5) is 5.69 Å². The summed E-state index contributed by atoms with van der Waals surface area (Å²) in [6.45, 7) is 2.60. The molecule has 0 aliphatic heterocycles. The Kier molecular flexibility index (Phi) is 5.29. The SMILES string of the molecule is CCCCCN(C)C(=O)c1cc(O)ccc1[N+](=O)[O-]. The van der Waals surface area contributed by atoms with Gasteiger partial charge in [0, 0.05) is 19.7 Å². The number of unbranched alkanes of at least 4 members (excludes halogenated alkanes) is 2. The van der Waals surface area contributed by atoms with Gasteiger partial charge in [-0.15, -0.1) is 0 Å². The van der Waals surface area contributed by atoms with Crippen molar-refractivity contribution in [3.63, 3.8) is 0 Å². The minimum absolute atomic E-state index is 0.0796. The van der Waals surface area contributed by atoms with E-state index < -0.39 is 10.8 Å². The predicted molar refractivity (Wildman–Crippen MR) is 71.2 cm³/mol. The number of rotatable bonds is 6. The molecule has 0 saturated heterocycles. The van der Waals surface area contributed by atoms with Gasteiger partial charge in [0.1, 0.15) is 11.3 Å². The lowest BCUT2D eigenvalue weighted by Gasteiger charge is -2.17. The Hall–Kier alpha value is -2.11. The molecule has 0 bridgehead atoms. The fourth-order valence-electron chi connectivity index (χ4n) is 1.76. The highest BCUT2D eigenvalue weighted by Gasteiger charge is 2.23. The second kappa shape index (κ2) is 6.72. The molecule has 0 fully saturated rings. The molecule has 6 nitrogen and oxygen atoms in total. The van der Waals surface area contributed by atoms with Gasteiger partial charge < -0.3 is 10.0 Å². The monoisotopic (exact) mass is 266 g/mol. The van der Waals surface area contributed by atoms with Gasteiger partial charge in [0.25, 0.3) is 11.6 Å². The maximum atomic E-state index is 12.1. The van der Waals surface area contributed by atoms with Crippen molar-refractivity contribution in [3.8, 4) is 5.75 Å². The number of phenolic OH excluding ortho intramolecular Hbond substituents is 1. The van der Waals surface area contributed by atoms with E-state index in [2.05, 4.69) is 6.92 Å². The average Bonchev–Trinajstić information content (AvgIpc) is 2.37. The van der Waals surface area contributed by atoms with Gasteiger partial charge in [-0.05, 0) is 18.6 Å². The maximum absolute atomic E-state index is 12.1. The van der Waals surface area contributed by atoms with Crippen LogP contribution in [0.2, 0.25) is 0 Å². The summed E-state index contributed by atoms with van der Waals surface area (Å²) < 4.78 is 0. The summed E-state index contributed by atoms with van der Waals surface area (Å²) in [7, 11) is 1.60. The molecule has 0 saturated carbocycles. The number of carbonyl (C=O) groups excluding carboxylic acids is 1. The van der Waals surface area contributed by atoms with Crippen LogP contribution in [0, 0.1) is 10.1 Å². The second-order valence-corrected chi connectivity index (χ2v) is 4.39. The number of hydrogen-bond donors (Lipinski definition) is 1. The van der Waals surface area contributed by atoms with E-state index in [1.807, 2.05) is 0 Å². The van der Waals surface area contributed by atoms with Crippen molar-refractivity contribution >= 4 is 11.6 Å². The van der Waals surface area contributed by atoms with E-state index in [-0.39, 0.29) is 17.0 Å². The number of aromatic hydroxyl groups is 1. The van der Waals surface area contributed by atoms with E-state index in [4.69, 9.17) is 0 Å². The summed E-state index contributed by atoms with van der Waals surface area (Å²) in [5, 5.41) is 20.2. The second-order valence-electron chi connectivity index (χ2n) is 4.39. The Balaban J connectivity index is 2.91. The lowest BCUT2D eigenvalue weighted by Crippen LogP contribution is -2.28. The third kappa shape index (κ3) is 3.94. The minimum atomic E-state index is -0.618. The number of carbonyl (C=O) groups is 1. The van der Waals surface area contributed by atoms with Gasteiger partial charge in [-0.25, -0.2) is 0 Å². The summed E-state index contributed by atoms with van der Waals surface area (Å²) in [6.07, 6.45) is 2.89. The van der Waals surface area contributed by atoms with Gasteiger partial charge in [0.2, 0.25) is 0 Å². The van der Waals surface area contributed by atoms with Crippen molar-refractivity contribution in [1.29, 1.82) is 0 Å². The van der Waals surface area contributed by atoms with Gasteiger partial charge in [-0.1, -0.05) is 19.8 Å². The third-order valence-corrected chi connectivity index (χ3v) is 2.85. The third-order valence-electron chi connectivity index (χ3n) is 2.85. The lowest BCUT2D eigenvalue weighted by atomic mass is 10.1. The zero-order valence-corrected chi connectivity index (χ0v) is 11.1. The zero-order valence-electron chi connectivity index (χ0n) is 11.1. The molecular formula is C13H18N2O4. The largest absolute Gasteiger partial charge is 0.508 e. The number of nitrogens with zero attached hydrogens (tertiary/aromatic N) is 2.